The second-order valence-corrected chi connectivity index (χ2v) is 7.18. The van der Waals surface area contributed by atoms with Crippen LogP contribution >= 0.6 is 0 Å². The molecule has 1 atom stereocenters. The molecule has 0 fully saturated rings. The number of nitrogens with zero attached hydrogens (tertiary/aromatic N) is 2. The van der Waals surface area contributed by atoms with Crippen molar-refractivity contribution >= 4 is 11.8 Å². The Balaban J connectivity index is 1.35. The van der Waals surface area contributed by atoms with Crippen molar-refractivity contribution in [2.24, 2.45) is 0 Å². The Hall–Kier alpha value is -3.41. The first-order chi connectivity index (χ1) is 13.7. The van der Waals surface area contributed by atoms with Crippen molar-refractivity contribution in [3.8, 4) is 11.3 Å². The Morgan fingerprint density at radius 2 is 1.93 bits per heavy atom. The van der Waals surface area contributed by atoms with E-state index in [2.05, 4.69) is 10.5 Å². The van der Waals surface area contributed by atoms with E-state index in [1.165, 1.54) is 0 Å². The lowest BCUT2D eigenvalue weighted by atomic mass is 9.99. The first-order valence-corrected chi connectivity index (χ1v) is 9.41. The molecule has 28 heavy (non-hydrogen) atoms. The fourth-order valence-corrected chi connectivity index (χ4v) is 4.03. The Bertz CT molecular complexity index is 1060. The van der Waals surface area contributed by atoms with Crippen molar-refractivity contribution in [2.45, 2.75) is 25.4 Å². The molecule has 5 rings (SSSR count). The van der Waals surface area contributed by atoms with Gasteiger partial charge in [-0.2, -0.15) is 0 Å². The second kappa shape index (κ2) is 6.64. The summed E-state index contributed by atoms with van der Waals surface area (Å²) in [5.41, 5.74) is 4.31. The summed E-state index contributed by atoms with van der Waals surface area (Å²) >= 11 is 0. The fourth-order valence-electron chi connectivity index (χ4n) is 4.03. The fraction of sp³-hybridized carbons (Fsp3) is 0.227. The maximum atomic E-state index is 13.0. The Morgan fingerprint density at radius 3 is 2.79 bits per heavy atom. The number of hydrogen-bond donors (Lipinski definition) is 1. The van der Waals surface area contributed by atoms with Gasteiger partial charge in [0.05, 0.1) is 19.0 Å². The SMILES string of the molecule is O=C1NC(CC(=O)N2CCc3onc(-c4ccccc4)c3C2)c2ccccc21. The maximum absolute atomic E-state index is 13.0. The smallest absolute Gasteiger partial charge is 0.252 e. The zero-order chi connectivity index (χ0) is 19.1. The van der Waals surface area contributed by atoms with Gasteiger partial charge in [0.1, 0.15) is 11.5 Å². The first-order valence-electron chi connectivity index (χ1n) is 9.41. The van der Waals surface area contributed by atoms with E-state index >= 15 is 0 Å². The Morgan fingerprint density at radius 1 is 1.14 bits per heavy atom. The third kappa shape index (κ3) is 2.78. The molecule has 1 N–H and O–H groups in total. The highest BCUT2D eigenvalue weighted by Gasteiger charge is 2.33. The molecule has 0 spiro atoms. The lowest BCUT2D eigenvalue weighted by molar-refractivity contribution is -0.132. The van der Waals surface area contributed by atoms with E-state index < -0.39 is 0 Å². The monoisotopic (exact) mass is 373 g/mol. The molecule has 6 heteroatoms. The summed E-state index contributed by atoms with van der Waals surface area (Å²) in [5.74, 6) is 0.759. The van der Waals surface area contributed by atoms with Gasteiger partial charge in [0.2, 0.25) is 5.91 Å². The van der Waals surface area contributed by atoms with Crippen molar-refractivity contribution in [1.29, 1.82) is 0 Å². The Labute approximate surface area is 162 Å². The summed E-state index contributed by atoms with van der Waals surface area (Å²) in [5, 5.41) is 7.16. The number of amides is 2. The van der Waals surface area contributed by atoms with Crippen LogP contribution in [0.15, 0.2) is 59.1 Å². The molecule has 2 aliphatic heterocycles. The normalized spacial score (nSPS) is 17.8. The minimum Gasteiger partial charge on any atom is -0.360 e. The van der Waals surface area contributed by atoms with Crippen LogP contribution in [0.4, 0.5) is 0 Å². The van der Waals surface area contributed by atoms with Crippen LogP contribution in [0.2, 0.25) is 0 Å². The van der Waals surface area contributed by atoms with Crippen LogP contribution in [0.3, 0.4) is 0 Å². The quantitative estimate of drug-likeness (QED) is 0.765. The molecule has 3 heterocycles. The molecule has 2 amide bonds. The largest absolute Gasteiger partial charge is 0.360 e. The first kappa shape index (κ1) is 16.7. The molecule has 0 aliphatic carbocycles. The highest BCUT2D eigenvalue weighted by molar-refractivity contribution is 5.99. The number of fused-ring (bicyclic) bond motifs is 2. The molecular formula is C22H19N3O3. The van der Waals surface area contributed by atoms with E-state index in [4.69, 9.17) is 4.52 Å². The number of aromatic nitrogens is 1. The lowest BCUT2D eigenvalue weighted by Crippen LogP contribution is -2.37. The van der Waals surface area contributed by atoms with Gasteiger partial charge in [-0.1, -0.05) is 53.7 Å². The summed E-state index contributed by atoms with van der Waals surface area (Å²) in [6.45, 7) is 1.07. The molecule has 0 saturated heterocycles. The van der Waals surface area contributed by atoms with Gasteiger partial charge in [-0.25, -0.2) is 0 Å². The van der Waals surface area contributed by atoms with Gasteiger partial charge in [0.15, 0.2) is 0 Å². The van der Waals surface area contributed by atoms with Crippen molar-refractivity contribution < 1.29 is 14.1 Å². The summed E-state index contributed by atoms with van der Waals surface area (Å²) in [4.78, 5) is 26.9. The number of rotatable bonds is 3. The molecule has 0 bridgehead atoms. The molecular weight excluding hydrogens is 354 g/mol. The zero-order valence-corrected chi connectivity index (χ0v) is 15.2. The van der Waals surface area contributed by atoms with E-state index in [1.807, 2.05) is 53.4 Å². The van der Waals surface area contributed by atoms with Crippen LogP contribution in [0.1, 0.15) is 39.7 Å². The number of nitrogens with one attached hydrogen (secondary N) is 1. The number of hydrogen-bond acceptors (Lipinski definition) is 4. The van der Waals surface area contributed by atoms with Gasteiger partial charge in [-0.3, -0.25) is 9.59 Å². The standard InChI is InChI=1S/C22H19N3O3/c26-20(12-18-15-8-4-5-9-16(15)22(27)23-18)25-11-10-19-17(13-25)21(24-28-19)14-6-2-1-3-7-14/h1-9,18H,10-13H2,(H,23,27). The number of benzene rings is 2. The average Bonchev–Trinajstić information content (AvgIpc) is 3.30. The van der Waals surface area contributed by atoms with E-state index in [9.17, 15) is 9.59 Å². The van der Waals surface area contributed by atoms with E-state index in [0.717, 1.165) is 28.1 Å². The molecule has 0 radical (unpaired) electrons. The average molecular weight is 373 g/mol. The third-order valence-corrected chi connectivity index (χ3v) is 5.49. The third-order valence-electron chi connectivity index (χ3n) is 5.49. The van der Waals surface area contributed by atoms with Gasteiger partial charge in [-0.05, 0) is 11.6 Å². The van der Waals surface area contributed by atoms with E-state index in [0.29, 0.717) is 25.1 Å². The van der Waals surface area contributed by atoms with Crippen molar-refractivity contribution in [2.75, 3.05) is 6.54 Å². The molecule has 1 unspecified atom stereocenters. The van der Waals surface area contributed by atoms with Crippen LogP contribution in [0.5, 0.6) is 0 Å². The zero-order valence-electron chi connectivity index (χ0n) is 15.2. The van der Waals surface area contributed by atoms with Crippen molar-refractivity contribution in [1.82, 2.24) is 15.4 Å². The lowest BCUT2D eigenvalue weighted by Gasteiger charge is -2.27. The van der Waals surface area contributed by atoms with Crippen molar-refractivity contribution in [3.05, 3.63) is 77.0 Å². The molecule has 6 nitrogen and oxygen atoms in total. The summed E-state index contributed by atoms with van der Waals surface area (Å²) in [6.07, 6.45) is 0.901. The summed E-state index contributed by atoms with van der Waals surface area (Å²) < 4.78 is 5.52. The minimum atomic E-state index is -0.270. The molecule has 1 aromatic heterocycles. The molecule has 3 aromatic rings. The number of carbonyl (C=O) groups is 2. The van der Waals surface area contributed by atoms with Crippen LogP contribution in [-0.4, -0.2) is 28.4 Å². The summed E-state index contributed by atoms with van der Waals surface area (Å²) in [7, 11) is 0. The highest BCUT2D eigenvalue weighted by Crippen LogP contribution is 2.32. The minimum absolute atomic E-state index is 0.0212. The molecule has 140 valence electrons. The van der Waals surface area contributed by atoms with Crippen LogP contribution in [-0.2, 0) is 17.8 Å². The van der Waals surface area contributed by atoms with E-state index in [-0.39, 0.29) is 24.3 Å². The number of carbonyl (C=O) groups excluding carboxylic acids is 2. The van der Waals surface area contributed by atoms with Gasteiger partial charge in [0.25, 0.3) is 5.91 Å². The highest BCUT2D eigenvalue weighted by atomic mass is 16.5. The maximum Gasteiger partial charge on any atom is 0.252 e. The Kier molecular flexibility index (Phi) is 3.97. The van der Waals surface area contributed by atoms with E-state index in [1.54, 1.807) is 6.07 Å². The topological polar surface area (TPSA) is 75.4 Å². The van der Waals surface area contributed by atoms with Gasteiger partial charge in [-0.15, -0.1) is 0 Å². The summed E-state index contributed by atoms with van der Waals surface area (Å²) in [6, 6.07) is 17.0. The van der Waals surface area contributed by atoms with Gasteiger partial charge in [0, 0.05) is 29.7 Å². The predicted molar refractivity (Wildman–Crippen MR) is 102 cm³/mol. The van der Waals surface area contributed by atoms with Crippen LogP contribution < -0.4 is 5.32 Å². The molecule has 0 saturated carbocycles. The molecule has 2 aliphatic rings. The van der Waals surface area contributed by atoms with Crippen molar-refractivity contribution in [3.63, 3.8) is 0 Å². The second-order valence-electron chi connectivity index (χ2n) is 7.18. The van der Waals surface area contributed by atoms with Crippen LogP contribution in [0, 0.1) is 0 Å². The van der Waals surface area contributed by atoms with Gasteiger partial charge >= 0.3 is 0 Å². The molecule has 2 aromatic carbocycles. The van der Waals surface area contributed by atoms with Gasteiger partial charge < -0.3 is 14.7 Å². The van der Waals surface area contributed by atoms with Crippen LogP contribution in [0.25, 0.3) is 11.3 Å². The predicted octanol–water partition coefficient (Wildman–Crippen LogP) is 3.10.